The first-order valence-corrected chi connectivity index (χ1v) is 7.54. The average molecular weight is 283 g/mol. The molecule has 0 unspecified atom stereocenters. The van der Waals surface area contributed by atoms with Crippen molar-refractivity contribution in [3.8, 4) is 0 Å². The molecule has 0 saturated heterocycles. The van der Waals surface area contributed by atoms with Crippen molar-refractivity contribution in [3.05, 3.63) is 84.9 Å². The average Bonchev–Trinajstić information content (AvgIpc) is 2.60. The van der Waals surface area contributed by atoms with Crippen molar-refractivity contribution in [2.24, 2.45) is 0 Å². The number of anilines is 2. The van der Waals surface area contributed by atoms with Gasteiger partial charge in [-0.1, -0.05) is 72.8 Å². The summed E-state index contributed by atoms with van der Waals surface area (Å²) in [5, 5.41) is 5.10. The molecule has 0 N–H and O–H groups in total. The van der Waals surface area contributed by atoms with E-state index in [0.717, 1.165) is 0 Å². The van der Waals surface area contributed by atoms with Gasteiger partial charge >= 0.3 is 0 Å². The molecule has 0 heterocycles. The Morgan fingerprint density at radius 2 is 0.909 bits per heavy atom. The molecule has 0 spiro atoms. The minimum absolute atomic E-state index is 1.23. The molecule has 4 aromatic rings. The van der Waals surface area contributed by atoms with E-state index in [1.165, 1.54) is 32.9 Å². The molecule has 22 heavy (non-hydrogen) atoms. The maximum atomic E-state index is 2.28. The van der Waals surface area contributed by atoms with E-state index in [0.29, 0.717) is 0 Å². The largest absolute Gasteiger partial charge is 0.344 e. The first-order valence-electron chi connectivity index (χ1n) is 7.54. The van der Waals surface area contributed by atoms with Gasteiger partial charge in [0.1, 0.15) is 0 Å². The molecule has 106 valence electrons. The van der Waals surface area contributed by atoms with Crippen LogP contribution in [0.2, 0.25) is 0 Å². The summed E-state index contributed by atoms with van der Waals surface area (Å²) < 4.78 is 0. The Morgan fingerprint density at radius 1 is 0.500 bits per heavy atom. The lowest BCUT2D eigenvalue weighted by Gasteiger charge is -2.23. The van der Waals surface area contributed by atoms with Crippen LogP contribution in [0, 0.1) is 0 Å². The Balaban J connectivity index is 1.94. The maximum absolute atomic E-state index is 2.28. The standard InChI is InChI=1S/C21H17N/c1-22(20-14-6-10-16-8-2-4-12-18(16)20)21-15-7-11-17-9-3-5-13-19(17)21/h2-15H,1H3. The highest BCUT2D eigenvalue weighted by atomic mass is 15.1. The summed E-state index contributed by atoms with van der Waals surface area (Å²) in [5.41, 5.74) is 2.46. The second-order valence-corrected chi connectivity index (χ2v) is 5.56. The number of hydrogen-bond acceptors (Lipinski definition) is 1. The van der Waals surface area contributed by atoms with E-state index >= 15 is 0 Å². The van der Waals surface area contributed by atoms with Crippen LogP contribution in [0.3, 0.4) is 0 Å². The first kappa shape index (κ1) is 12.9. The van der Waals surface area contributed by atoms with Crippen molar-refractivity contribution >= 4 is 32.9 Å². The highest BCUT2D eigenvalue weighted by molar-refractivity contribution is 6.01. The smallest absolute Gasteiger partial charge is 0.0487 e. The third kappa shape index (κ3) is 2.03. The Labute approximate surface area is 130 Å². The molecule has 0 atom stereocenters. The summed E-state index contributed by atoms with van der Waals surface area (Å²) in [7, 11) is 2.14. The normalized spacial score (nSPS) is 11.0. The van der Waals surface area contributed by atoms with Crippen molar-refractivity contribution in [1.82, 2.24) is 0 Å². The lowest BCUT2D eigenvalue weighted by Crippen LogP contribution is -2.10. The van der Waals surface area contributed by atoms with Gasteiger partial charge in [-0.05, 0) is 22.9 Å². The Morgan fingerprint density at radius 3 is 1.41 bits per heavy atom. The van der Waals surface area contributed by atoms with Crippen molar-refractivity contribution in [1.29, 1.82) is 0 Å². The molecular weight excluding hydrogens is 266 g/mol. The van der Waals surface area contributed by atoms with E-state index < -0.39 is 0 Å². The van der Waals surface area contributed by atoms with Crippen LogP contribution in [0.25, 0.3) is 21.5 Å². The van der Waals surface area contributed by atoms with Crippen LogP contribution in [-0.4, -0.2) is 7.05 Å². The molecule has 0 aliphatic carbocycles. The fourth-order valence-corrected chi connectivity index (χ4v) is 3.13. The quantitative estimate of drug-likeness (QED) is 0.452. The number of hydrogen-bond donors (Lipinski definition) is 0. The molecule has 0 saturated carbocycles. The van der Waals surface area contributed by atoms with Crippen molar-refractivity contribution in [2.75, 3.05) is 11.9 Å². The summed E-state index contributed by atoms with van der Waals surface area (Å²) in [6, 6.07) is 30.0. The molecule has 4 aromatic carbocycles. The number of fused-ring (bicyclic) bond motifs is 2. The van der Waals surface area contributed by atoms with Gasteiger partial charge in [0.2, 0.25) is 0 Å². The van der Waals surface area contributed by atoms with Gasteiger partial charge in [-0.15, -0.1) is 0 Å². The lowest BCUT2D eigenvalue weighted by molar-refractivity contribution is 1.23. The zero-order valence-electron chi connectivity index (χ0n) is 12.5. The topological polar surface area (TPSA) is 3.24 Å². The van der Waals surface area contributed by atoms with Crippen molar-refractivity contribution in [2.45, 2.75) is 0 Å². The van der Waals surface area contributed by atoms with Gasteiger partial charge < -0.3 is 4.90 Å². The molecule has 0 aliphatic heterocycles. The second kappa shape index (κ2) is 5.19. The molecule has 0 aliphatic rings. The second-order valence-electron chi connectivity index (χ2n) is 5.56. The van der Waals surface area contributed by atoms with Gasteiger partial charge in [-0.25, -0.2) is 0 Å². The molecule has 1 heteroatoms. The minimum Gasteiger partial charge on any atom is -0.344 e. The zero-order chi connectivity index (χ0) is 14.9. The molecule has 0 fully saturated rings. The Bertz CT molecular complexity index is 866. The van der Waals surface area contributed by atoms with Crippen LogP contribution < -0.4 is 4.90 Å². The lowest BCUT2D eigenvalue weighted by atomic mass is 10.1. The highest BCUT2D eigenvalue weighted by Gasteiger charge is 2.10. The van der Waals surface area contributed by atoms with Crippen LogP contribution in [0.1, 0.15) is 0 Å². The van der Waals surface area contributed by atoms with Gasteiger partial charge in [0.25, 0.3) is 0 Å². The van der Waals surface area contributed by atoms with Gasteiger partial charge in [0, 0.05) is 29.2 Å². The number of rotatable bonds is 2. The van der Waals surface area contributed by atoms with Crippen molar-refractivity contribution in [3.63, 3.8) is 0 Å². The third-order valence-electron chi connectivity index (χ3n) is 4.26. The van der Waals surface area contributed by atoms with Gasteiger partial charge in [-0.3, -0.25) is 0 Å². The summed E-state index contributed by atoms with van der Waals surface area (Å²) in [4.78, 5) is 2.28. The van der Waals surface area contributed by atoms with E-state index in [-0.39, 0.29) is 0 Å². The predicted molar refractivity (Wildman–Crippen MR) is 96.0 cm³/mol. The van der Waals surface area contributed by atoms with Crippen LogP contribution >= 0.6 is 0 Å². The van der Waals surface area contributed by atoms with E-state index in [4.69, 9.17) is 0 Å². The van der Waals surface area contributed by atoms with Crippen molar-refractivity contribution < 1.29 is 0 Å². The zero-order valence-corrected chi connectivity index (χ0v) is 12.5. The fourth-order valence-electron chi connectivity index (χ4n) is 3.13. The van der Waals surface area contributed by atoms with Gasteiger partial charge in [0.15, 0.2) is 0 Å². The minimum atomic E-state index is 1.23. The number of benzene rings is 4. The fraction of sp³-hybridized carbons (Fsp3) is 0.0476. The van der Waals surface area contributed by atoms with Gasteiger partial charge in [0.05, 0.1) is 0 Å². The van der Waals surface area contributed by atoms with Gasteiger partial charge in [-0.2, -0.15) is 0 Å². The van der Waals surface area contributed by atoms with Crippen LogP contribution in [0.4, 0.5) is 11.4 Å². The molecule has 0 aromatic heterocycles. The molecule has 4 rings (SSSR count). The molecule has 1 nitrogen and oxygen atoms in total. The van der Waals surface area contributed by atoms with E-state index in [1.54, 1.807) is 0 Å². The maximum Gasteiger partial charge on any atom is 0.0487 e. The van der Waals surface area contributed by atoms with Crippen LogP contribution in [0.15, 0.2) is 84.9 Å². The molecule has 0 amide bonds. The van der Waals surface area contributed by atoms with E-state index in [2.05, 4.69) is 96.9 Å². The SMILES string of the molecule is CN(c1cccc2ccccc12)c1cccc2ccccc12. The summed E-state index contributed by atoms with van der Waals surface area (Å²) >= 11 is 0. The van der Waals surface area contributed by atoms with E-state index in [1.807, 2.05) is 0 Å². The van der Waals surface area contributed by atoms with Crippen LogP contribution in [0.5, 0.6) is 0 Å². The molecule has 0 radical (unpaired) electrons. The Hall–Kier alpha value is -2.80. The number of nitrogens with zero attached hydrogens (tertiary/aromatic N) is 1. The highest BCUT2D eigenvalue weighted by Crippen LogP contribution is 2.34. The van der Waals surface area contributed by atoms with E-state index in [9.17, 15) is 0 Å². The monoisotopic (exact) mass is 283 g/mol. The third-order valence-corrected chi connectivity index (χ3v) is 4.26. The molecule has 0 bridgehead atoms. The molecular formula is C21H17N. The van der Waals surface area contributed by atoms with Crippen LogP contribution in [-0.2, 0) is 0 Å². The summed E-state index contributed by atoms with van der Waals surface area (Å²) in [5.74, 6) is 0. The Kier molecular flexibility index (Phi) is 3.05. The first-order chi connectivity index (χ1) is 10.8. The summed E-state index contributed by atoms with van der Waals surface area (Å²) in [6.45, 7) is 0. The predicted octanol–water partition coefficient (Wildman–Crippen LogP) is 5.76. The summed E-state index contributed by atoms with van der Waals surface area (Å²) in [6.07, 6.45) is 0.